The van der Waals surface area contributed by atoms with Crippen molar-refractivity contribution < 1.29 is 14.3 Å². The Hall–Kier alpha value is -2.31. The van der Waals surface area contributed by atoms with Crippen molar-refractivity contribution in [2.45, 2.75) is 44.8 Å². The molecule has 0 aliphatic rings. The van der Waals surface area contributed by atoms with Gasteiger partial charge in [-0.2, -0.15) is 0 Å². The van der Waals surface area contributed by atoms with E-state index in [2.05, 4.69) is 15.6 Å². The topological polar surface area (TPSA) is 80.3 Å². The van der Waals surface area contributed by atoms with Crippen molar-refractivity contribution in [3.05, 3.63) is 59.9 Å². The highest BCUT2D eigenvalue weighted by Gasteiger charge is 2.13. The number of benzene rings is 1. The number of alkyl halides is 2. The third-order valence-corrected chi connectivity index (χ3v) is 5.25. The number of pyridine rings is 1. The van der Waals surface area contributed by atoms with Gasteiger partial charge in [-0.15, -0.1) is 23.2 Å². The summed E-state index contributed by atoms with van der Waals surface area (Å²) >= 11 is 11.8. The minimum Gasteiger partial charge on any atom is -0.461 e. The van der Waals surface area contributed by atoms with Crippen molar-refractivity contribution in [3.63, 3.8) is 0 Å². The van der Waals surface area contributed by atoms with E-state index < -0.39 is 6.10 Å². The highest BCUT2D eigenvalue weighted by molar-refractivity contribution is 6.19. The first kappa shape index (κ1) is 25.0. The highest BCUT2D eigenvalue weighted by atomic mass is 35.5. The van der Waals surface area contributed by atoms with Crippen LogP contribution in [-0.2, 0) is 16.0 Å². The Morgan fingerprint density at radius 1 is 1.16 bits per heavy atom. The molecule has 0 bridgehead atoms. The van der Waals surface area contributed by atoms with Crippen LogP contribution >= 0.6 is 23.2 Å². The van der Waals surface area contributed by atoms with E-state index in [1.54, 1.807) is 25.3 Å². The van der Waals surface area contributed by atoms with Crippen LogP contribution in [0.1, 0.15) is 42.1 Å². The Morgan fingerprint density at radius 2 is 1.97 bits per heavy atom. The molecule has 2 unspecified atom stereocenters. The molecule has 8 heteroatoms. The van der Waals surface area contributed by atoms with E-state index in [0.717, 1.165) is 24.1 Å². The van der Waals surface area contributed by atoms with Gasteiger partial charge in [0.2, 0.25) is 0 Å². The lowest BCUT2D eigenvalue weighted by Crippen LogP contribution is -2.33. The molecule has 6 nitrogen and oxygen atoms in total. The van der Waals surface area contributed by atoms with Crippen LogP contribution in [0.4, 0.5) is 5.69 Å². The lowest BCUT2D eigenvalue weighted by Gasteiger charge is -2.19. The van der Waals surface area contributed by atoms with Gasteiger partial charge in [0.1, 0.15) is 6.10 Å². The predicted molar refractivity (Wildman–Crippen MR) is 125 cm³/mol. The maximum atomic E-state index is 12.2. The molecule has 0 fully saturated rings. The summed E-state index contributed by atoms with van der Waals surface area (Å²) in [6.07, 6.45) is 5.15. The molecule has 0 aliphatic heterocycles. The maximum absolute atomic E-state index is 12.2. The number of halogens is 2. The maximum Gasteiger partial charge on any atom is 0.306 e. The standard InChI is InChI=1S/C23H29Cl2N3O3/c1-17(15-27-23(30)19-8-5-13-26-16-19)31-22(29)10-4-7-18-6-2-3-9-21(18)28-20(14-25)11-12-24/h2-3,5-6,8-9,13,16-17,20,28H,4,7,10-12,14-15H2,1H3,(H,27,30). The number of para-hydroxylation sites is 1. The average Bonchev–Trinajstić information content (AvgIpc) is 2.78. The number of aryl methyl sites for hydroxylation is 1. The van der Waals surface area contributed by atoms with Crippen LogP contribution in [0.25, 0.3) is 0 Å². The van der Waals surface area contributed by atoms with Gasteiger partial charge in [-0.05, 0) is 49.9 Å². The second-order valence-corrected chi connectivity index (χ2v) is 7.92. The van der Waals surface area contributed by atoms with Crippen molar-refractivity contribution in [2.24, 2.45) is 0 Å². The number of carbonyl (C=O) groups is 2. The van der Waals surface area contributed by atoms with Crippen molar-refractivity contribution in [3.8, 4) is 0 Å². The number of nitrogens with one attached hydrogen (secondary N) is 2. The number of rotatable bonds is 13. The second kappa shape index (κ2) is 13.9. The van der Waals surface area contributed by atoms with Crippen LogP contribution < -0.4 is 10.6 Å². The number of hydrogen-bond acceptors (Lipinski definition) is 5. The normalized spacial score (nSPS) is 12.6. The summed E-state index contributed by atoms with van der Waals surface area (Å²) in [6, 6.07) is 11.5. The Labute approximate surface area is 193 Å². The zero-order valence-corrected chi connectivity index (χ0v) is 19.2. The number of esters is 1. The number of hydrogen-bond donors (Lipinski definition) is 2. The SMILES string of the molecule is CC(CNC(=O)c1cccnc1)OC(=O)CCCc1ccccc1NC(CCl)CCCl. The highest BCUT2D eigenvalue weighted by Crippen LogP contribution is 2.20. The third-order valence-electron chi connectivity index (χ3n) is 4.65. The Balaban J connectivity index is 1.73. The van der Waals surface area contributed by atoms with Crippen LogP contribution in [0.15, 0.2) is 48.8 Å². The molecule has 2 rings (SSSR count). The summed E-state index contributed by atoms with van der Waals surface area (Å²) < 4.78 is 5.40. The number of anilines is 1. The smallest absolute Gasteiger partial charge is 0.306 e. The Morgan fingerprint density at radius 3 is 2.68 bits per heavy atom. The van der Waals surface area contributed by atoms with Crippen molar-refractivity contribution in [2.75, 3.05) is 23.6 Å². The Kier molecular flexibility index (Phi) is 11.2. The van der Waals surface area contributed by atoms with Crippen molar-refractivity contribution in [1.29, 1.82) is 0 Å². The first-order valence-corrected chi connectivity index (χ1v) is 11.4. The van der Waals surface area contributed by atoms with E-state index in [1.807, 2.05) is 24.3 Å². The van der Waals surface area contributed by atoms with E-state index in [-0.39, 0.29) is 24.5 Å². The van der Waals surface area contributed by atoms with Gasteiger partial charge in [-0.1, -0.05) is 18.2 Å². The van der Waals surface area contributed by atoms with Gasteiger partial charge in [0.25, 0.3) is 5.91 Å². The van der Waals surface area contributed by atoms with Gasteiger partial charge in [0.15, 0.2) is 0 Å². The van der Waals surface area contributed by atoms with Gasteiger partial charge >= 0.3 is 5.97 Å². The van der Waals surface area contributed by atoms with E-state index >= 15 is 0 Å². The summed E-state index contributed by atoms with van der Waals surface area (Å²) in [5.41, 5.74) is 2.60. The number of ether oxygens (including phenoxy) is 1. The summed E-state index contributed by atoms with van der Waals surface area (Å²) in [4.78, 5) is 28.1. The minimum absolute atomic E-state index is 0.105. The molecule has 0 radical (unpaired) electrons. The number of amides is 1. The van der Waals surface area contributed by atoms with E-state index in [4.69, 9.17) is 27.9 Å². The predicted octanol–water partition coefficient (Wildman–Crippen LogP) is 4.41. The number of carbonyl (C=O) groups excluding carboxylic acids is 2. The largest absolute Gasteiger partial charge is 0.461 e. The molecule has 0 spiro atoms. The monoisotopic (exact) mass is 465 g/mol. The molecular weight excluding hydrogens is 437 g/mol. The fourth-order valence-corrected chi connectivity index (χ4v) is 3.50. The molecule has 2 N–H and O–H groups in total. The van der Waals surface area contributed by atoms with Crippen molar-refractivity contribution >= 4 is 40.8 Å². The minimum atomic E-state index is -0.415. The van der Waals surface area contributed by atoms with E-state index in [1.165, 1.54) is 6.20 Å². The van der Waals surface area contributed by atoms with Crippen LogP contribution in [0.5, 0.6) is 0 Å². The Bertz CT molecular complexity index is 821. The quantitative estimate of drug-likeness (QED) is 0.338. The fraction of sp³-hybridized carbons (Fsp3) is 0.435. The van der Waals surface area contributed by atoms with Gasteiger partial charge in [-0.3, -0.25) is 14.6 Å². The van der Waals surface area contributed by atoms with E-state index in [0.29, 0.717) is 30.2 Å². The average molecular weight is 466 g/mol. The summed E-state index contributed by atoms with van der Waals surface area (Å²) in [7, 11) is 0. The molecule has 0 aliphatic carbocycles. The lowest BCUT2D eigenvalue weighted by atomic mass is 10.1. The van der Waals surface area contributed by atoms with Gasteiger partial charge < -0.3 is 15.4 Å². The molecule has 1 aromatic heterocycles. The fourth-order valence-electron chi connectivity index (χ4n) is 3.00. The number of aromatic nitrogens is 1. The number of nitrogens with zero attached hydrogens (tertiary/aromatic N) is 1. The summed E-state index contributed by atoms with van der Waals surface area (Å²) in [6.45, 7) is 2.00. The molecule has 1 amide bonds. The van der Waals surface area contributed by atoms with Crippen LogP contribution in [0.3, 0.4) is 0 Å². The van der Waals surface area contributed by atoms with Gasteiger partial charge in [0.05, 0.1) is 12.1 Å². The third kappa shape index (κ3) is 9.15. The first-order valence-electron chi connectivity index (χ1n) is 10.4. The zero-order chi connectivity index (χ0) is 22.5. The molecule has 2 aromatic rings. The van der Waals surface area contributed by atoms with Crippen LogP contribution in [0.2, 0.25) is 0 Å². The molecule has 1 heterocycles. The van der Waals surface area contributed by atoms with Crippen LogP contribution in [0, 0.1) is 0 Å². The van der Waals surface area contributed by atoms with E-state index in [9.17, 15) is 9.59 Å². The molecular formula is C23H29Cl2N3O3. The van der Waals surface area contributed by atoms with Gasteiger partial charge in [-0.25, -0.2) is 0 Å². The molecule has 0 saturated carbocycles. The molecule has 31 heavy (non-hydrogen) atoms. The summed E-state index contributed by atoms with van der Waals surface area (Å²) in [5.74, 6) is 0.487. The zero-order valence-electron chi connectivity index (χ0n) is 17.7. The van der Waals surface area contributed by atoms with Gasteiger partial charge in [0, 0.05) is 42.3 Å². The second-order valence-electron chi connectivity index (χ2n) is 7.24. The van der Waals surface area contributed by atoms with Crippen molar-refractivity contribution in [1.82, 2.24) is 10.3 Å². The molecule has 0 saturated heterocycles. The lowest BCUT2D eigenvalue weighted by molar-refractivity contribution is -0.148. The molecule has 2 atom stereocenters. The summed E-state index contributed by atoms with van der Waals surface area (Å²) in [5, 5.41) is 6.17. The van der Waals surface area contributed by atoms with Crippen LogP contribution in [-0.4, -0.2) is 47.3 Å². The first-order chi connectivity index (χ1) is 15.0. The molecule has 168 valence electrons. The molecule has 1 aromatic carbocycles.